The van der Waals surface area contributed by atoms with Gasteiger partial charge in [-0.25, -0.2) is 0 Å². The smallest absolute Gasteiger partial charge is 0.247 e. The Labute approximate surface area is 81.2 Å². The lowest BCUT2D eigenvalue weighted by Crippen LogP contribution is -2.34. The summed E-state index contributed by atoms with van der Waals surface area (Å²) >= 11 is 16.6. The van der Waals surface area contributed by atoms with Crippen molar-refractivity contribution in [3.05, 3.63) is 12.7 Å². The largest absolute Gasteiger partial charge is 0.367 e. The Balaban J connectivity index is 4.09. The van der Waals surface area contributed by atoms with Gasteiger partial charge in [-0.1, -0.05) is 40.9 Å². The molecular weight excluding hydrogens is 206 g/mol. The van der Waals surface area contributed by atoms with E-state index in [4.69, 9.17) is 34.8 Å². The molecule has 0 aromatic carbocycles. The summed E-state index contributed by atoms with van der Waals surface area (Å²) in [5.41, 5.74) is 0. The summed E-state index contributed by atoms with van der Waals surface area (Å²) in [6.45, 7) is 4.03. The molecule has 0 aliphatic rings. The highest BCUT2D eigenvalue weighted by molar-refractivity contribution is 6.76. The summed E-state index contributed by atoms with van der Waals surface area (Å²) in [6.07, 6.45) is 1.65. The van der Waals surface area contributed by atoms with Crippen molar-refractivity contribution >= 4 is 40.6 Å². The fraction of sp³-hybridized carbons (Fsp3) is 0.500. The first kappa shape index (κ1) is 11.1. The number of hydrogen-bond acceptors (Lipinski definition) is 1. The number of nitrogens with zero attached hydrogens (tertiary/aromatic N) is 1. The van der Waals surface area contributed by atoms with Gasteiger partial charge in [-0.05, 0) is 0 Å². The molecule has 0 saturated carbocycles. The normalized spacial score (nSPS) is 12.9. The molecule has 0 heterocycles. The van der Waals surface area contributed by atoms with Crippen LogP contribution in [0.5, 0.6) is 0 Å². The monoisotopic (exact) mass is 214 g/mol. The van der Waals surface area contributed by atoms with E-state index in [1.807, 2.05) is 0 Å². The predicted molar refractivity (Wildman–Crippen MR) is 51.8 cm³/mol. The van der Waals surface area contributed by atoms with Crippen LogP contribution >= 0.6 is 34.8 Å². The van der Waals surface area contributed by atoms with Crippen molar-refractivity contribution in [2.45, 2.75) is 3.79 Å². The number of rotatable bonds is 2. The average molecular weight is 216 g/mol. The van der Waals surface area contributed by atoms with Gasteiger partial charge >= 0.3 is 0 Å². The zero-order valence-corrected chi connectivity index (χ0v) is 8.34. The van der Waals surface area contributed by atoms with Crippen LogP contribution in [0.15, 0.2) is 17.6 Å². The third kappa shape index (κ3) is 4.51. The molecule has 0 amide bonds. The Morgan fingerprint density at radius 1 is 1.64 bits per heavy atom. The van der Waals surface area contributed by atoms with Crippen LogP contribution in [0.1, 0.15) is 0 Å². The molecular formula is C6H9Cl3N2. The fourth-order valence-corrected chi connectivity index (χ4v) is 0.929. The van der Waals surface area contributed by atoms with E-state index in [9.17, 15) is 0 Å². The van der Waals surface area contributed by atoms with Crippen molar-refractivity contribution in [3.8, 4) is 0 Å². The van der Waals surface area contributed by atoms with Crippen LogP contribution in [0.3, 0.4) is 0 Å². The molecule has 11 heavy (non-hydrogen) atoms. The molecule has 0 aromatic rings. The maximum Gasteiger partial charge on any atom is 0.247 e. The summed E-state index contributed by atoms with van der Waals surface area (Å²) in [7, 11) is 1.55. The molecule has 64 valence electrons. The summed E-state index contributed by atoms with van der Waals surface area (Å²) in [5.74, 6) is 0.322. The second-order valence-corrected chi connectivity index (χ2v) is 4.02. The second-order valence-electron chi connectivity index (χ2n) is 1.74. The molecule has 0 bridgehead atoms. The molecule has 0 radical (unpaired) electrons. The molecule has 5 heteroatoms. The van der Waals surface area contributed by atoms with Crippen molar-refractivity contribution < 1.29 is 0 Å². The Morgan fingerprint density at radius 3 is 2.45 bits per heavy atom. The summed E-state index contributed by atoms with van der Waals surface area (Å²) < 4.78 is -1.47. The summed E-state index contributed by atoms with van der Waals surface area (Å²) in [5, 5.41) is 2.80. The van der Waals surface area contributed by atoms with Crippen LogP contribution in [0, 0.1) is 0 Å². The third-order valence-electron chi connectivity index (χ3n) is 0.906. The molecule has 1 N–H and O–H groups in total. The molecule has 0 rings (SSSR count). The third-order valence-corrected chi connectivity index (χ3v) is 1.44. The predicted octanol–water partition coefficient (Wildman–Crippen LogP) is 2.16. The average Bonchev–Trinajstić information content (AvgIpc) is 1.87. The highest BCUT2D eigenvalue weighted by atomic mass is 35.6. The zero-order chi connectivity index (χ0) is 8.91. The first-order chi connectivity index (χ1) is 5.02. The van der Waals surface area contributed by atoms with Crippen molar-refractivity contribution in [1.82, 2.24) is 5.32 Å². The highest BCUT2D eigenvalue weighted by Gasteiger charge is 2.26. The van der Waals surface area contributed by atoms with Crippen LogP contribution in [-0.4, -0.2) is 23.2 Å². The molecule has 0 saturated heterocycles. The van der Waals surface area contributed by atoms with Crippen LogP contribution in [0.2, 0.25) is 0 Å². The zero-order valence-electron chi connectivity index (χ0n) is 6.07. The molecule has 0 unspecified atom stereocenters. The number of aliphatic imine (C=N–C) groups is 1. The molecule has 0 aliphatic heterocycles. The van der Waals surface area contributed by atoms with Gasteiger partial charge in [-0.3, -0.25) is 4.99 Å². The van der Waals surface area contributed by atoms with Crippen LogP contribution in [0.25, 0.3) is 0 Å². The number of amidine groups is 1. The van der Waals surface area contributed by atoms with E-state index in [0.29, 0.717) is 12.4 Å². The summed E-state index contributed by atoms with van der Waals surface area (Å²) in [4.78, 5) is 3.76. The van der Waals surface area contributed by atoms with E-state index in [1.54, 1.807) is 13.1 Å². The Kier molecular flexibility index (Phi) is 4.89. The molecule has 0 fully saturated rings. The SMILES string of the molecule is C=CCNC(=NC)C(Cl)(Cl)Cl. The maximum atomic E-state index is 5.54. The minimum atomic E-state index is -1.47. The second kappa shape index (κ2) is 4.86. The molecule has 0 spiro atoms. The first-order valence-electron chi connectivity index (χ1n) is 2.91. The molecule has 0 aromatic heterocycles. The number of alkyl halides is 3. The topological polar surface area (TPSA) is 24.4 Å². The van der Waals surface area contributed by atoms with Crippen molar-refractivity contribution in [1.29, 1.82) is 0 Å². The van der Waals surface area contributed by atoms with Gasteiger partial charge in [0.15, 0.2) is 0 Å². The minimum absolute atomic E-state index is 0.322. The number of halogens is 3. The fourth-order valence-electron chi connectivity index (χ4n) is 0.475. The minimum Gasteiger partial charge on any atom is -0.367 e. The van der Waals surface area contributed by atoms with Gasteiger partial charge in [-0.2, -0.15) is 0 Å². The van der Waals surface area contributed by atoms with Gasteiger partial charge in [0, 0.05) is 13.6 Å². The van der Waals surface area contributed by atoms with Crippen molar-refractivity contribution in [2.24, 2.45) is 4.99 Å². The Bertz CT molecular complexity index is 160. The van der Waals surface area contributed by atoms with E-state index in [0.717, 1.165) is 0 Å². The Morgan fingerprint density at radius 2 is 2.18 bits per heavy atom. The van der Waals surface area contributed by atoms with Crippen LogP contribution in [-0.2, 0) is 0 Å². The lowest BCUT2D eigenvalue weighted by atomic mass is 10.5. The van der Waals surface area contributed by atoms with E-state index < -0.39 is 3.79 Å². The highest BCUT2D eigenvalue weighted by Crippen LogP contribution is 2.26. The van der Waals surface area contributed by atoms with Gasteiger partial charge in [0.2, 0.25) is 3.79 Å². The van der Waals surface area contributed by atoms with Gasteiger partial charge in [0.05, 0.1) is 0 Å². The van der Waals surface area contributed by atoms with Gasteiger partial charge in [-0.15, -0.1) is 6.58 Å². The number of hydrogen-bond donors (Lipinski definition) is 1. The standard InChI is InChI=1S/C6H9Cl3N2/c1-3-4-11-5(10-2)6(7,8)9/h3H,1,4H2,2H3,(H,10,11). The molecule has 0 atom stereocenters. The van der Waals surface area contributed by atoms with E-state index >= 15 is 0 Å². The molecule has 0 aliphatic carbocycles. The molecule has 2 nitrogen and oxygen atoms in total. The lowest BCUT2D eigenvalue weighted by molar-refractivity contribution is 1.01. The van der Waals surface area contributed by atoms with Crippen LogP contribution in [0.4, 0.5) is 0 Å². The Hall–Kier alpha value is 0.0800. The van der Waals surface area contributed by atoms with Crippen LogP contribution < -0.4 is 5.32 Å². The van der Waals surface area contributed by atoms with Gasteiger partial charge < -0.3 is 5.32 Å². The van der Waals surface area contributed by atoms with Crippen molar-refractivity contribution in [3.63, 3.8) is 0 Å². The van der Waals surface area contributed by atoms with E-state index in [1.165, 1.54) is 0 Å². The van der Waals surface area contributed by atoms with E-state index in [2.05, 4.69) is 16.9 Å². The first-order valence-corrected chi connectivity index (χ1v) is 4.04. The maximum absolute atomic E-state index is 5.54. The summed E-state index contributed by atoms with van der Waals surface area (Å²) in [6, 6.07) is 0. The van der Waals surface area contributed by atoms with Gasteiger partial charge in [0.1, 0.15) is 5.84 Å². The quantitative estimate of drug-likeness (QED) is 0.325. The lowest BCUT2D eigenvalue weighted by Gasteiger charge is -2.14. The number of nitrogens with one attached hydrogen (secondary N) is 1. The van der Waals surface area contributed by atoms with Gasteiger partial charge in [0.25, 0.3) is 0 Å². The van der Waals surface area contributed by atoms with Crippen molar-refractivity contribution in [2.75, 3.05) is 13.6 Å². The van der Waals surface area contributed by atoms with E-state index in [-0.39, 0.29) is 0 Å².